The monoisotopic (exact) mass is 369 g/mol. The number of nitrogens with zero attached hydrogens (tertiary/aromatic N) is 2. The molecule has 0 radical (unpaired) electrons. The van der Waals surface area contributed by atoms with Gasteiger partial charge in [0.25, 0.3) is 0 Å². The molecule has 1 unspecified atom stereocenters. The Morgan fingerprint density at radius 3 is 2.76 bits per heavy atom. The lowest BCUT2D eigenvalue weighted by Crippen LogP contribution is -2.52. The molecule has 0 spiro atoms. The Kier molecular flexibility index (Phi) is 6.99. The van der Waals surface area contributed by atoms with Gasteiger partial charge in [0.05, 0.1) is 0 Å². The molecule has 2 aliphatic rings. The maximum atomic E-state index is 4.42. The fourth-order valence-electron chi connectivity index (χ4n) is 2.19. The van der Waals surface area contributed by atoms with E-state index in [-0.39, 0.29) is 24.0 Å². The summed E-state index contributed by atoms with van der Waals surface area (Å²) in [6, 6.07) is 0.688. The van der Waals surface area contributed by atoms with E-state index >= 15 is 0 Å². The van der Waals surface area contributed by atoms with Crippen molar-refractivity contribution in [2.75, 3.05) is 25.9 Å². The van der Waals surface area contributed by atoms with Crippen LogP contribution in [-0.2, 0) is 0 Å². The first kappa shape index (κ1) is 15.4. The van der Waals surface area contributed by atoms with Crippen molar-refractivity contribution in [3.63, 3.8) is 0 Å². The van der Waals surface area contributed by atoms with E-state index in [0.29, 0.717) is 6.04 Å². The van der Waals surface area contributed by atoms with E-state index in [0.717, 1.165) is 24.3 Å². The van der Waals surface area contributed by atoms with E-state index in [1.807, 2.05) is 7.05 Å². The Hall–Kier alpha value is 0.350. The Balaban J connectivity index is 0.00000144. The zero-order valence-corrected chi connectivity index (χ0v) is 14.0. The van der Waals surface area contributed by atoms with Crippen LogP contribution in [0, 0.1) is 0 Å². The van der Waals surface area contributed by atoms with E-state index in [9.17, 15) is 0 Å². The Bertz CT molecular complexity index is 256. The van der Waals surface area contributed by atoms with E-state index in [4.69, 9.17) is 0 Å². The number of halogens is 1. The molecule has 0 aromatic carbocycles. The second-order valence-corrected chi connectivity index (χ2v) is 6.07. The molecular weight excluding hydrogens is 345 g/mol. The van der Waals surface area contributed by atoms with Gasteiger partial charge in [-0.25, -0.2) is 0 Å². The molecule has 0 bridgehead atoms. The summed E-state index contributed by atoms with van der Waals surface area (Å²) in [5.74, 6) is 2.37. The summed E-state index contributed by atoms with van der Waals surface area (Å²) >= 11 is 2.11. The molecule has 0 aromatic rings. The van der Waals surface area contributed by atoms with Gasteiger partial charge < -0.3 is 10.2 Å². The maximum absolute atomic E-state index is 4.42. The lowest BCUT2D eigenvalue weighted by molar-refractivity contribution is 0.346. The molecule has 0 amide bonds. The van der Waals surface area contributed by atoms with Crippen LogP contribution < -0.4 is 5.32 Å². The second kappa shape index (κ2) is 7.71. The third-order valence-electron chi connectivity index (χ3n) is 3.54. The summed E-state index contributed by atoms with van der Waals surface area (Å²) in [6.07, 6.45) is 5.28. The van der Waals surface area contributed by atoms with Crippen LogP contribution in [0.1, 0.15) is 32.6 Å². The zero-order chi connectivity index (χ0) is 11.4. The fraction of sp³-hybridized carbons (Fsp3) is 0.917. The van der Waals surface area contributed by atoms with Gasteiger partial charge in [-0.1, -0.05) is 6.92 Å². The number of guanidine groups is 1. The highest BCUT2D eigenvalue weighted by Gasteiger charge is 2.24. The first-order valence-electron chi connectivity index (χ1n) is 6.43. The normalized spacial score (nSPS) is 26.1. The van der Waals surface area contributed by atoms with Crippen molar-refractivity contribution in [2.45, 2.75) is 43.9 Å². The number of rotatable bonds is 2. The SMILES string of the molecule is CCC1CN(C(=NC)NC2CCC2)CCS1.I. The zero-order valence-electron chi connectivity index (χ0n) is 10.8. The summed E-state index contributed by atoms with van der Waals surface area (Å²) in [5.41, 5.74) is 0. The highest BCUT2D eigenvalue weighted by molar-refractivity contribution is 14.0. The predicted octanol–water partition coefficient (Wildman–Crippen LogP) is 2.56. The molecule has 2 rings (SSSR count). The van der Waals surface area contributed by atoms with Gasteiger partial charge in [-0.05, 0) is 25.7 Å². The number of hydrogen-bond donors (Lipinski definition) is 1. The molecule has 1 saturated heterocycles. The fourth-order valence-corrected chi connectivity index (χ4v) is 3.37. The molecule has 17 heavy (non-hydrogen) atoms. The molecule has 1 atom stereocenters. The Morgan fingerprint density at radius 1 is 1.47 bits per heavy atom. The molecule has 100 valence electrons. The first-order valence-corrected chi connectivity index (χ1v) is 7.48. The molecule has 3 nitrogen and oxygen atoms in total. The molecule has 1 aliphatic carbocycles. The van der Waals surface area contributed by atoms with Gasteiger partial charge in [0.2, 0.25) is 0 Å². The van der Waals surface area contributed by atoms with Gasteiger partial charge in [-0.15, -0.1) is 24.0 Å². The van der Waals surface area contributed by atoms with Crippen molar-refractivity contribution in [3.05, 3.63) is 0 Å². The summed E-state index contributed by atoms with van der Waals surface area (Å²) < 4.78 is 0. The summed E-state index contributed by atoms with van der Waals surface area (Å²) in [7, 11) is 1.91. The molecule has 0 aromatic heterocycles. The van der Waals surface area contributed by atoms with Gasteiger partial charge in [-0.2, -0.15) is 11.8 Å². The van der Waals surface area contributed by atoms with Crippen molar-refractivity contribution >= 4 is 41.7 Å². The number of thioether (sulfide) groups is 1. The van der Waals surface area contributed by atoms with Crippen LogP contribution in [0.5, 0.6) is 0 Å². The molecule has 1 heterocycles. The highest BCUT2D eigenvalue weighted by atomic mass is 127. The minimum absolute atomic E-state index is 0. The third kappa shape index (κ3) is 4.19. The molecule has 1 aliphatic heterocycles. The van der Waals surface area contributed by atoms with Crippen molar-refractivity contribution in [1.82, 2.24) is 10.2 Å². The summed E-state index contributed by atoms with van der Waals surface area (Å²) in [5, 5.41) is 4.37. The topological polar surface area (TPSA) is 27.6 Å². The molecule has 2 fully saturated rings. The van der Waals surface area contributed by atoms with Gasteiger partial charge in [0, 0.05) is 37.2 Å². The van der Waals surface area contributed by atoms with Gasteiger partial charge in [-0.3, -0.25) is 4.99 Å². The van der Waals surface area contributed by atoms with E-state index in [2.05, 4.69) is 33.9 Å². The van der Waals surface area contributed by atoms with Crippen LogP contribution in [0.3, 0.4) is 0 Å². The molecule has 1 N–H and O–H groups in total. The van der Waals surface area contributed by atoms with E-state index in [1.165, 1.54) is 31.4 Å². The van der Waals surface area contributed by atoms with Crippen molar-refractivity contribution in [1.29, 1.82) is 0 Å². The summed E-state index contributed by atoms with van der Waals surface area (Å²) in [6.45, 7) is 4.59. The standard InChI is InChI=1S/C12H23N3S.HI/c1-3-11-9-15(7-8-16-11)12(13-2)14-10-5-4-6-10;/h10-11H,3-9H2,1-2H3,(H,13,14);1H. The number of nitrogens with one attached hydrogen (secondary N) is 1. The second-order valence-electron chi connectivity index (χ2n) is 4.67. The first-order chi connectivity index (χ1) is 7.83. The number of aliphatic imine (C=N–C) groups is 1. The van der Waals surface area contributed by atoms with Crippen LogP contribution >= 0.6 is 35.7 Å². The minimum Gasteiger partial charge on any atom is -0.354 e. The van der Waals surface area contributed by atoms with Crippen molar-refractivity contribution in [3.8, 4) is 0 Å². The third-order valence-corrected chi connectivity index (χ3v) is 4.92. The lowest BCUT2D eigenvalue weighted by Gasteiger charge is -2.37. The maximum Gasteiger partial charge on any atom is 0.193 e. The van der Waals surface area contributed by atoms with Crippen molar-refractivity contribution < 1.29 is 0 Å². The molecule has 5 heteroatoms. The minimum atomic E-state index is 0. The Morgan fingerprint density at radius 2 is 2.24 bits per heavy atom. The van der Waals surface area contributed by atoms with Gasteiger partial charge >= 0.3 is 0 Å². The van der Waals surface area contributed by atoms with Gasteiger partial charge in [0.1, 0.15) is 0 Å². The van der Waals surface area contributed by atoms with Crippen LogP contribution in [0.2, 0.25) is 0 Å². The van der Waals surface area contributed by atoms with Crippen LogP contribution in [0.15, 0.2) is 4.99 Å². The van der Waals surface area contributed by atoms with Crippen LogP contribution in [0.4, 0.5) is 0 Å². The lowest BCUT2D eigenvalue weighted by atomic mass is 9.93. The average molecular weight is 369 g/mol. The van der Waals surface area contributed by atoms with Gasteiger partial charge in [0.15, 0.2) is 5.96 Å². The molecular formula is C12H24IN3S. The molecule has 1 saturated carbocycles. The van der Waals surface area contributed by atoms with Crippen molar-refractivity contribution in [2.24, 2.45) is 4.99 Å². The average Bonchev–Trinajstić information content (AvgIpc) is 2.28. The highest BCUT2D eigenvalue weighted by Crippen LogP contribution is 2.22. The van der Waals surface area contributed by atoms with Crippen LogP contribution in [-0.4, -0.2) is 48.0 Å². The summed E-state index contributed by atoms with van der Waals surface area (Å²) in [4.78, 5) is 6.86. The number of hydrogen-bond acceptors (Lipinski definition) is 2. The smallest absolute Gasteiger partial charge is 0.193 e. The van der Waals surface area contributed by atoms with E-state index in [1.54, 1.807) is 0 Å². The predicted molar refractivity (Wildman–Crippen MR) is 87.7 cm³/mol. The largest absolute Gasteiger partial charge is 0.354 e. The van der Waals surface area contributed by atoms with Crippen LogP contribution in [0.25, 0.3) is 0 Å². The quantitative estimate of drug-likeness (QED) is 0.461. The van der Waals surface area contributed by atoms with E-state index < -0.39 is 0 Å². The Labute approximate surface area is 126 Å².